The zero-order valence-corrected chi connectivity index (χ0v) is 18.4. The van der Waals surface area contributed by atoms with Gasteiger partial charge in [-0.25, -0.2) is 4.98 Å². The maximum atomic E-state index is 6.23. The van der Waals surface area contributed by atoms with Crippen LogP contribution in [0.15, 0.2) is 46.4 Å². The van der Waals surface area contributed by atoms with Crippen LogP contribution < -0.4 is 14.8 Å². The third-order valence-electron chi connectivity index (χ3n) is 3.71. The second kappa shape index (κ2) is 9.64. The monoisotopic (exact) mass is 486 g/mol. The van der Waals surface area contributed by atoms with Crippen molar-refractivity contribution < 1.29 is 9.47 Å². The number of anilines is 1. The Morgan fingerprint density at radius 2 is 1.89 bits per heavy atom. The Labute approximate surface area is 180 Å². The van der Waals surface area contributed by atoms with Crippen LogP contribution in [0.2, 0.25) is 10.0 Å². The lowest BCUT2D eigenvalue weighted by atomic mass is 10.2. The minimum Gasteiger partial charge on any atom is -0.490 e. The van der Waals surface area contributed by atoms with Gasteiger partial charge in [-0.05, 0) is 36.8 Å². The predicted octanol–water partition coefficient (Wildman–Crippen LogP) is 6.80. The molecule has 1 N–H and O–H groups in total. The van der Waals surface area contributed by atoms with Gasteiger partial charge in [-0.15, -0.1) is 11.3 Å². The third kappa shape index (κ3) is 5.29. The Morgan fingerprint density at radius 1 is 1.15 bits per heavy atom. The summed E-state index contributed by atoms with van der Waals surface area (Å²) in [7, 11) is 0. The van der Waals surface area contributed by atoms with E-state index in [1.807, 2.05) is 24.4 Å². The summed E-state index contributed by atoms with van der Waals surface area (Å²) in [6.45, 7) is 3.33. The van der Waals surface area contributed by atoms with Gasteiger partial charge in [0.15, 0.2) is 16.6 Å². The number of nitrogens with one attached hydrogen (secondary N) is 1. The van der Waals surface area contributed by atoms with E-state index < -0.39 is 0 Å². The molecule has 2 aromatic carbocycles. The van der Waals surface area contributed by atoms with Gasteiger partial charge in [0.05, 0.1) is 6.61 Å². The zero-order valence-electron chi connectivity index (χ0n) is 14.5. The molecule has 27 heavy (non-hydrogen) atoms. The van der Waals surface area contributed by atoms with Crippen molar-refractivity contribution in [1.82, 2.24) is 4.98 Å². The average molecular weight is 488 g/mol. The van der Waals surface area contributed by atoms with Crippen molar-refractivity contribution in [2.75, 3.05) is 11.9 Å². The Morgan fingerprint density at radius 3 is 2.56 bits per heavy atom. The molecule has 3 aromatic rings. The number of hydrogen-bond acceptors (Lipinski definition) is 5. The van der Waals surface area contributed by atoms with E-state index in [9.17, 15) is 0 Å². The maximum absolute atomic E-state index is 6.23. The molecule has 0 fully saturated rings. The Hall–Kier alpha value is -1.47. The number of benzene rings is 2. The van der Waals surface area contributed by atoms with Gasteiger partial charge in [-0.2, -0.15) is 0 Å². The molecule has 0 atom stereocenters. The van der Waals surface area contributed by atoms with Crippen LogP contribution in [0.1, 0.15) is 18.1 Å². The Balaban J connectivity index is 1.78. The number of nitrogens with zero attached hydrogens (tertiary/aromatic N) is 1. The van der Waals surface area contributed by atoms with Gasteiger partial charge in [0.25, 0.3) is 0 Å². The van der Waals surface area contributed by atoms with E-state index in [1.54, 1.807) is 35.7 Å². The topological polar surface area (TPSA) is 43.4 Å². The molecular formula is C19H17BrCl2N2O2S. The van der Waals surface area contributed by atoms with E-state index in [2.05, 4.69) is 26.2 Å². The molecule has 0 radical (unpaired) electrons. The third-order valence-corrected chi connectivity index (χ3v) is 5.89. The van der Waals surface area contributed by atoms with E-state index in [1.165, 1.54) is 0 Å². The van der Waals surface area contributed by atoms with E-state index in [0.717, 1.165) is 20.7 Å². The summed E-state index contributed by atoms with van der Waals surface area (Å²) in [5, 5.41) is 7.23. The molecule has 0 aliphatic heterocycles. The summed E-state index contributed by atoms with van der Waals surface area (Å²) in [5.74, 6) is 1.29. The fourth-order valence-corrected chi connectivity index (χ4v) is 3.89. The van der Waals surface area contributed by atoms with Crippen molar-refractivity contribution in [2.24, 2.45) is 0 Å². The highest BCUT2D eigenvalue weighted by molar-refractivity contribution is 9.10. The van der Waals surface area contributed by atoms with Crippen molar-refractivity contribution in [3.05, 3.63) is 67.6 Å². The van der Waals surface area contributed by atoms with Crippen molar-refractivity contribution >= 4 is 55.6 Å². The van der Waals surface area contributed by atoms with Crippen molar-refractivity contribution in [2.45, 2.75) is 20.1 Å². The molecule has 3 rings (SSSR count). The second-order valence-electron chi connectivity index (χ2n) is 5.50. The number of thiazole rings is 1. The molecule has 8 heteroatoms. The predicted molar refractivity (Wildman–Crippen MR) is 116 cm³/mol. The lowest BCUT2D eigenvalue weighted by Crippen LogP contribution is -2.04. The normalized spacial score (nSPS) is 10.7. The SMILES string of the molecule is CCOc1cc(CNc2nccs2)c(Br)cc1OCc1c(Cl)cccc1Cl. The molecule has 4 nitrogen and oxygen atoms in total. The van der Waals surface area contributed by atoms with E-state index >= 15 is 0 Å². The summed E-state index contributed by atoms with van der Waals surface area (Å²) in [5.41, 5.74) is 1.78. The first-order chi connectivity index (χ1) is 13.1. The van der Waals surface area contributed by atoms with Crippen LogP contribution in [-0.4, -0.2) is 11.6 Å². The Bertz CT molecular complexity index is 887. The van der Waals surface area contributed by atoms with Crippen LogP contribution in [0.5, 0.6) is 11.5 Å². The number of halogens is 3. The largest absolute Gasteiger partial charge is 0.490 e. The highest BCUT2D eigenvalue weighted by atomic mass is 79.9. The number of ether oxygens (including phenoxy) is 2. The van der Waals surface area contributed by atoms with Crippen LogP contribution in [0.3, 0.4) is 0 Å². The first kappa shape index (κ1) is 20.3. The molecule has 1 heterocycles. The fraction of sp³-hybridized carbons (Fsp3) is 0.211. The lowest BCUT2D eigenvalue weighted by molar-refractivity contribution is 0.269. The molecule has 0 bridgehead atoms. The molecule has 0 aliphatic rings. The molecule has 0 spiro atoms. The minimum absolute atomic E-state index is 0.252. The zero-order chi connectivity index (χ0) is 19.2. The van der Waals surface area contributed by atoms with E-state index in [0.29, 0.717) is 34.7 Å². The van der Waals surface area contributed by atoms with Crippen LogP contribution in [-0.2, 0) is 13.2 Å². The first-order valence-electron chi connectivity index (χ1n) is 8.22. The van der Waals surface area contributed by atoms with Gasteiger partial charge in [0, 0.05) is 38.2 Å². The van der Waals surface area contributed by atoms with Gasteiger partial charge >= 0.3 is 0 Å². The molecule has 0 amide bonds. The molecule has 0 saturated heterocycles. The van der Waals surface area contributed by atoms with Gasteiger partial charge < -0.3 is 14.8 Å². The summed E-state index contributed by atoms with van der Waals surface area (Å²) >= 11 is 17.6. The number of hydrogen-bond donors (Lipinski definition) is 1. The van der Waals surface area contributed by atoms with Crippen LogP contribution in [0, 0.1) is 0 Å². The summed E-state index contributed by atoms with van der Waals surface area (Å²) in [4.78, 5) is 4.23. The highest BCUT2D eigenvalue weighted by Gasteiger charge is 2.13. The molecular weight excluding hydrogens is 471 g/mol. The smallest absolute Gasteiger partial charge is 0.182 e. The molecule has 142 valence electrons. The van der Waals surface area contributed by atoms with E-state index in [-0.39, 0.29) is 6.61 Å². The van der Waals surface area contributed by atoms with Gasteiger partial charge in [-0.1, -0.05) is 45.2 Å². The fourth-order valence-electron chi connectivity index (χ4n) is 2.40. The van der Waals surface area contributed by atoms with E-state index in [4.69, 9.17) is 32.7 Å². The highest BCUT2D eigenvalue weighted by Crippen LogP contribution is 2.36. The summed E-state index contributed by atoms with van der Waals surface area (Å²) in [6, 6.07) is 9.24. The minimum atomic E-state index is 0.252. The first-order valence-corrected chi connectivity index (χ1v) is 10.7. The van der Waals surface area contributed by atoms with Crippen LogP contribution >= 0.6 is 50.5 Å². The summed E-state index contributed by atoms with van der Waals surface area (Å²) < 4.78 is 12.6. The Kier molecular flexibility index (Phi) is 7.24. The van der Waals surface area contributed by atoms with Gasteiger partial charge in [0.1, 0.15) is 6.61 Å². The van der Waals surface area contributed by atoms with Crippen LogP contribution in [0.4, 0.5) is 5.13 Å². The van der Waals surface area contributed by atoms with Crippen molar-refractivity contribution in [1.29, 1.82) is 0 Å². The average Bonchev–Trinajstić information content (AvgIpc) is 3.16. The quantitative estimate of drug-likeness (QED) is 0.379. The van der Waals surface area contributed by atoms with Crippen molar-refractivity contribution in [3.63, 3.8) is 0 Å². The molecule has 0 unspecified atom stereocenters. The van der Waals surface area contributed by atoms with Crippen molar-refractivity contribution in [3.8, 4) is 11.5 Å². The molecule has 0 saturated carbocycles. The molecule has 0 aliphatic carbocycles. The maximum Gasteiger partial charge on any atom is 0.182 e. The van der Waals surface area contributed by atoms with Gasteiger partial charge in [0.2, 0.25) is 0 Å². The van der Waals surface area contributed by atoms with Gasteiger partial charge in [-0.3, -0.25) is 0 Å². The number of rotatable bonds is 8. The van der Waals surface area contributed by atoms with Crippen LogP contribution in [0.25, 0.3) is 0 Å². The second-order valence-corrected chi connectivity index (χ2v) is 8.07. The standard InChI is InChI=1S/C19H17BrCl2N2O2S/c1-2-25-17-8-12(10-24-19-23-6-7-27-19)14(20)9-18(17)26-11-13-15(21)4-3-5-16(13)22/h3-9H,2,10-11H2,1H3,(H,23,24). The molecule has 1 aromatic heterocycles. The lowest BCUT2D eigenvalue weighted by Gasteiger charge is -2.16. The summed E-state index contributed by atoms with van der Waals surface area (Å²) in [6.07, 6.45) is 1.77. The number of aromatic nitrogens is 1.